The molecule has 5 heteroatoms. The molecule has 0 spiro atoms. The second-order valence-corrected chi connectivity index (χ2v) is 3.29. The van der Waals surface area contributed by atoms with Crippen molar-refractivity contribution in [3.63, 3.8) is 0 Å². The molecule has 1 heterocycles. The maximum Gasteiger partial charge on any atom is 0.143 e. The van der Waals surface area contributed by atoms with Gasteiger partial charge in [0.25, 0.3) is 0 Å². The Morgan fingerprint density at radius 1 is 1.50 bits per heavy atom. The zero-order chi connectivity index (χ0) is 8.39. The van der Waals surface area contributed by atoms with Crippen LogP contribution in [0, 0.1) is 9.64 Å². The lowest BCUT2D eigenvalue weighted by Crippen LogP contribution is -1.97. The summed E-state index contributed by atoms with van der Waals surface area (Å²) in [5.41, 5.74) is 0.972. The number of rotatable bonds is 1. The van der Waals surface area contributed by atoms with Gasteiger partial charge in [0.2, 0.25) is 0 Å². The van der Waals surface area contributed by atoms with E-state index in [1.807, 2.05) is 18.2 Å². The van der Waals surface area contributed by atoms with E-state index < -0.39 is 0 Å². The van der Waals surface area contributed by atoms with Gasteiger partial charge in [-0.1, -0.05) is 6.07 Å². The molecule has 0 bridgehead atoms. The van der Waals surface area contributed by atoms with Crippen LogP contribution in [0.15, 0.2) is 24.5 Å². The molecular weight excluding hydrogens is 267 g/mol. The Balaban J connectivity index is 2.55. The number of tetrazole rings is 1. The Morgan fingerprint density at radius 3 is 3.08 bits per heavy atom. The largest absolute Gasteiger partial charge is 0.199 e. The average Bonchev–Trinajstić information content (AvgIpc) is 2.57. The number of nitrogens with zero attached hydrogens (tertiary/aromatic N) is 4. The standard InChI is InChI=1S/C7H4IN4/c8-6-3-1-2-4-7(6)12-5-9-10-11-12/h2-5H. The maximum atomic E-state index is 3.78. The summed E-state index contributed by atoms with van der Waals surface area (Å²) in [6.07, 6.45) is 1.57. The van der Waals surface area contributed by atoms with Gasteiger partial charge in [0.15, 0.2) is 0 Å². The summed E-state index contributed by atoms with van der Waals surface area (Å²) >= 11 is 2.21. The van der Waals surface area contributed by atoms with Crippen molar-refractivity contribution < 1.29 is 0 Å². The summed E-state index contributed by atoms with van der Waals surface area (Å²) in [5, 5.41) is 10.9. The van der Waals surface area contributed by atoms with Crippen molar-refractivity contribution in [2.24, 2.45) is 0 Å². The Hall–Kier alpha value is -0.980. The first kappa shape index (κ1) is 7.66. The number of hydrogen-bond donors (Lipinski definition) is 0. The number of benzene rings is 1. The van der Waals surface area contributed by atoms with Crippen LogP contribution in [0.4, 0.5) is 0 Å². The molecule has 0 aliphatic rings. The van der Waals surface area contributed by atoms with Gasteiger partial charge in [0.05, 0.1) is 5.69 Å². The fourth-order valence-electron chi connectivity index (χ4n) is 0.859. The van der Waals surface area contributed by atoms with E-state index in [1.54, 1.807) is 11.0 Å². The highest BCUT2D eigenvalue weighted by Crippen LogP contribution is 2.13. The molecule has 4 nitrogen and oxygen atoms in total. The van der Waals surface area contributed by atoms with E-state index in [1.165, 1.54) is 0 Å². The normalized spacial score (nSPS) is 10.1. The molecule has 0 saturated carbocycles. The van der Waals surface area contributed by atoms with Gasteiger partial charge in [0, 0.05) is 3.57 Å². The number of halogens is 1. The molecule has 0 aliphatic carbocycles. The topological polar surface area (TPSA) is 43.6 Å². The molecule has 2 aromatic rings. The van der Waals surface area contributed by atoms with Crippen LogP contribution in [-0.2, 0) is 0 Å². The Morgan fingerprint density at radius 2 is 2.42 bits per heavy atom. The lowest BCUT2D eigenvalue weighted by molar-refractivity contribution is 0.786. The van der Waals surface area contributed by atoms with Crippen molar-refractivity contribution in [1.29, 1.82) is 0 Å². The number of hydrogen-bond acceptors (Lipinski definition) is 3. The Labute approximate surface area is 82.7 Å². The summed E-state index contributed by atoms with van der Waals surface area (Å²) in [7, 11) is 0. The predicted octanol–water partition coefficient (Wildman–Crippen LogP) is 1.07. The zero-order valence-corrected chi connectivity index (χ0v) is 8.13. The van der Waals surface area contributed by atoms with Crippen LogP contribution in [0.25, 0.3) is 5.69 Å². The molecule has 1 radical (unpaired) electrons. The highest BCUT2D eigenvalue weighted by molar-refractivity contribution is 14.1. The van der Waals surface area contributed by atoms with Crippen molar-refractivity contribution in [2.45, 2.75) is 0 Å². The Kier molecular flexibility index (Phi) is 2.03. The Bertz CT molecular complexity index is 371. The molecule has 2 rings (SSSR count). The van der Waals surface area contributed by atoms with Crippen molar-refractivity contribution in [3.8, 4) is 5.69 Å². The van der Waals surface area contributed by atoms with Gasteiger partial charge >= 0.3 is 0 Å². The van der Waals surface area contributed by atoms with Gasteiger partial charge in [-0.2, -0.15) is 4.68 Å². The molecule has 0 atom stereocenters. The van der Waals surface area contributed by atoms with Crippen LogP contribution in [0.3, 0.4) is 0 Å². The molecule has 59 valence electrons. The van der Waals surface area contributed by atoms with Gasteiger partial charge in [-0.25, -0.2) is 0 Å². The monoisotopic (exact) mass is 271 g/mol. The van der Waals surface area contributed by atoms with Gasteiger partial charge in [-0.3, -0.25) is 0 Å². The summed E-state index contributed by atoms with van der Waals surface area (Å²) in [5.74, 6) is 0. The third kappa shape index (κ3) is 1.31. The van der Waals surface area contributed by atoms with Crippen molar-refractivity contribution in [1.82, 2.24) is 20.2 Å². The first-order chi connectivity index (χ1) is 5.88. The summed E-state index contributed by atoms with van der Waals surface area (Å²) in [4.78, 5) is 0. The fraction of sp³-hybridized carbons (Fsp3) is 0. The summed E-state index contributed by atoms with van der Waals surface area (Å²) in [6, 6.07) is 8.61. The quantitative estimate of drug-likeness (QED) is 0.728. The van der Waals surface area contributed by atoms with E-state index >= 15 is 0 Å². The van der Waals surface area contributed by atoms with E-state index in [9.17, 15) is 0 Å². The SMILES string of the molecule is Ic1c[c]ccc1-n1cnnn1. The van der Waals surface area contributed by atoms with Crippen LogP contribution < -0.4 is 0 Å². The summed E-state index contributed by atoms with van der Waals surface area (Å²) < 4.78 is 2.69. The van der Waals surface area contributed by atoms with Crippen molar-refractivity contribution in [2.75, 3.05) is 0 Å². The van der Waals surface area contributed by atoms with Gasteiger partial charge in [0.1, 0.15) is 6.33 Å². The van der Waals surface area contributed by atoms with Crippen LogP contribution >= 0.6 is 22.6 Å². The molecule has 0 aliphatic heterocycles. The molecule has 0 amide bonds. The molecule has 0 saturated heterocycles. The van der Waals surface area contributed by atoms with E-state index in [0.717, 1.165) is 9.26 Å². The fourth-order valence-corrected chi connectivity index (χ4v) is 1.47. The lowest BCUT2D eigenvalue weighted by atomic mass is 10.3. The maximum absolute atomic E-state index is 3.78. The zero-order valence-electron chi connectivity index (χ0n) is 5.98. The molecule has 0 N–H and O–H groups in total. The lowest BCUT2D eigenvalue weighted by Gasteiger charge is -1.99. The first-order valence-corrected chi connectivity index (χ1v) is 4.35. The van der Waals surface area contributed by atoms with Crippen LogP contribution in [-0.4, -0.2) is 20.2 Å². The molecular formula is C7H4IN4. The van der Waals surface area contributed by atoms with E-state index in [2.05, 4.69) is 44.2 Å². The second kappa shape index (κ2) is 3.18. The molecule has 1 aromatic heterocycles. The third-order valence-corrected chi connectivity index (χ3v) is 2.25. The van der Waals surface area contributed by atoms with Gasteiger partial charge < -0.3 is 0 Å². The first-order valence-electron chi connectivity index (χ1n) is 3.27. The third-order valence-electron chi connectivity index (χ3n) is 1.39. The van der Waals surface area contributed by atoms with Crippen LogP contribution in [0.1, 0.15) is 0 Å². The van der Waals surface area contributed by atoms with Crippen molar-refractivity contribution >= 4 is 22.6 Å². The average molecular weight is 271 g/mol. The van der Waals surface area contributed by atoms with Crippen LogP contribution in [0.2, 0.25) is 0 Å². The highest BCUT2D eigenvalue weighted by Gasteiger charge is 2.00. The second-order valence-electron chi connectivity index (χ2n) is 2.13. The number of aromatic nitrogens is 4. The molecule has 1 aromatic carbocycles. The van der Waals surface area contributed by atoms with E-state index in [0.29, 0.717) is 0 Å². The minimum Gasteiger partial charge on any atom is -0.199 e. The van der Waals surface area contributed by atoms with E-state index in [4.69, 9.17) is 0 Å². The van der Waals surface area contributed by atoms with Gasteiger partial charge in [-0.15, -0.1) is 5.10 Å². The predicted molar refractivity (Wildman–Crippen MR) is 50.7 cm³/mol. The van der Waals surface area contributed by atoms with Gasteiger partial charge in [-0.05, 0) is 51.2 Å². The summed E-state index contributed by atoms with van der Waals surface area (Å²) in [6.45, 7) is 0. The molecule has 12 heavy (non-hydrogen) atoms. The van der Waals surface area contributed by atoms with Crippen molar-refractivity contribution in [3.05, 3.63) is 34.2 Å². The smallest absolute Gasteiger partial charge is 0.143 e. The highest BCUT2D eigenvalue weighted by atomic mass is 127. The molecule has 0 unspecified atom stereocenters. The van der Waals surface area contributed by atoms with Crippen LogP contribution in [0.5, 0.6) is 0 Å². The minimum absolute atomic E-state index is 0.972. The molecule has 0 fully saturated rings. The minimum atomic E-state index is 0.972. The van der Waals surface area contributed by atoms with E-state index in [-0.39, 0.29) is 0 Å².